The first-order chi connectivity index (χ1) is 9.85. The smallest absolute Gasteiger partial charge is 0.327 e. The van der Waals surface area contributed by atoms with Crippen LogP contribution in [0.2, 0.25) is 0 Å². The molecule has 0 N–H and O–H groups in total. The van der Waals surface area contributed by atoms with Crippen molar-refractivity contribution >= 4 is 32.7 Å². The van der Waals surface area contributed by atoms with Crippen molar-refractivity contribution in [2.45, 2.75) is 26.3 Å². The predicted molar refractivity (Wildman–Crippen MR) is 79.8 cm³/mol. The summed E-state index contributed by atoms with van der Waals surface area (Å²) in [4.78, 5) is 23.7. The zero-order valence-electron chi connectivity index (χ0n) is 11.8. The van der Waals surface area contributed by atoms with Gasteiger partial charge >= 0.3 is 5.97 Å². The third kappa shape index (κ3) is 2.97. The van der Waals surface area contributed by atoms with Crippen LogP contribution in [0.15, 0.2) is 21.4 Å². The van der Waals surface area contributed by atoms with Gasteiger partial charge in [-0.3, -0.25) is 9.59 Å². The number of halogens is 2. The van der Waals surface area contributed by atoms with Crippen LogP contribution in [0.5, 0.6) is 0 Å². The second-order valence-electron chi connectivity index (χ2n) is 4.89. The quantitative estimate of drug-likeness (QED) is 0.793. The highest BCUT2D eigenvalue weighted by Crippen LogP contribution is 2.26. The topological polar surface area (TPSA) is 61.2 Å². The summed E-state index contributed by atoms with van der Waals surface area (Å²) in [5.41, 5.74) is 0.0976. The molecular formula is C14H14BrFN2O3. The van der Waals surface area contributed by atoms with Crippen LogP contribution in [-0.2, 0) is 16.1 Å². The summed E-state index contributed by atoms with van der Waals surface area (Å²) in [5, 5.41) is 4.95. The van der Waals surface area contributed by atoms with Gasteiger partial charge in [0.25, 0.3) is 5.56 Å². The number of fused-ring (bicyclic) bond motifs is 1. The molecule has 2 aromatic rings. The Labute approximate surface area is 128 Å². The fourth-order valence-electron chi connectivity index (χ4n) is 2.02. The maximum Gasteiger partial charge on any atom is 0.327 e. The molecule has 0 aliphatic carbocycles. The molecule has 0 saturated heterocycles. The predicted octanol–water partition coefficient (Wildman–Crippen LogP) is 2.59. The van der Waals surface area contributed by atoms with E-state index in [0.29, 0.717) is 16.5 Å². The van der Waals surface area contributed by atoms with E-state index in [2.05, 4.69) is 25.8 Å². The molecule has 0 aliphatic rings. The van der Waals surface area contributed by atoms with Gasteiger partial charge in [-0.1, -0.05) is 13.8 Å². The van der Waals surface area contributed by atoms with Crippen LogP contribution in [0, 0.1) is 5.82 Å². The monoisotopic (exact) mass is 356 g/mol. The molecule has 0 unspecified atom stereocenters. The first-order valence-corrected chi connectivity index (χ1v) is 7.11. The van der Waals surface area contributed by atoms with Crippen molar-refractivity contribution in [3.05, 3.63) is 38.5 Å². The van der Waals surface area contributed by atoms with Gasteiger partial charge in [-0.25, -0.2) is 9.07 Å². The van der Waals surface area contributed by atoms with Crippen molar-refractivity contribution < 1.29 is 13.9 Å². The minimum atomic E-state index is -0.570. The van der Waals surface area contributed by atoms with Crippen LogP contribution in [0.4, 0.5) is 4.39 Å². The van der Waals surface area contributed by atoms with Crippen LogP contribution >= 0.6 is 15.9 Å². The van der Waals surface area contributed by atoms with Crippen molar-refractivity contribution in [3.63, 3.8) is 0 Å². The van der Waals surface area contributed by atoms with Gasteiger partial charge in [0.05, 0.1) is 22.7 Å². The molecule has 112 valence electrons. The lowest BCUT2D eigenvalue weighted by molar-refractivity contribution is -0.141. The zero-order valence-corrected chi connectivity index (χ0v) is 13.4. The van der Waals surface area contributed by atoms with E-state index < -0.39 is 17.3 Å². The normalized spacial score (nSPS) is 11.1. The molecule has 1 heterocycles. The lowest BCUT2D eigenvalue weighted by Crippen LogP contribution is -2.29. The molecule has 0 saturated carbocycles. The van der Waals surface area contributed by atoms with Gasteiger partial charge in [0, 0.05) is 5.39 Å². The molecule has 2 rings (SSSR count). The third-order valence-electron chi connectivity index (χ3n) is 3.08. The van der Waals surface area contributed by atoms with Gasteiger partial charge in [-0.2, -0.15) is 5.10 Å². The number of rotatable bonds is 3. The molecule has 0 fully saturated rings. The van der Waals surface area contributed by atoms with Gasteiger partial charge in [-0.15, -0.1) is 0 Å². The van der Waals surface area contributed by atoms with E-state index in [1.807, 2.05) is 13.8 Å². The van der Waals surface area contributed by atoms with E-state index in [-0.39, 0.29) is 16.9 Å². The molecule has 0 spiro atoms. The fraction of sp³-hybridized carbons (Fsp3) is 0.357. The van der Waals surface area contributed by atoms with Crippen molar-refractivity contribution in [3.8, 4) is 0 Å². The fourth-order valence-corrected chi connectivity index (χ4v) is 2.37. The SMILES string of the molecule is COC(=O)Cn1nc(C(C)C)c2cc(F)c(Br)cc2c1=O. The number of esters is 1. The number of ether oxygens (including phenoxy) is 1. The van der Waals surface area contributed by atoms with Crippen molar-refractivity contribution in [2.24, 2.45) is 0 Å². The summed E-state index contributed by atoms with van der Waals surface area (Å²) >= 11 is 3.07. The third-order valence-corrected chi connectivity index (χ3v) is 3.69. The lowest BCUT2D eigenvalue weighted by Gasteiger charge is -2.13. The summed E-state index contributed by atoms with van der Waals surface area (Å²) in [6.07, 6.45) is 0. The summed E-state index contributed by atoms with van der Waals surface area (Å²) in [6, 6.07) is 2.69. The molecule has 0 radical (unpaired) electrons. The maximum absolute atomic E-state index is 13.7. The van der Waals surface area contributed by atoms with Crippen LogP contribution in [0.3, 0.4) is 0 Å². The Bertz CT molecular complexity index is 771. The molecule has 5 nitrogen and oxygen atoms in total. The van der Waals surface area contributed by atoms with Crippen molar-refractivity contribution in [1.29, 1.82) is 0 Å². The molecule has 0 amide bonds. The molecule has 7 heteroatoms. The van der Waals surface area contributed by atoms with Crippen LogP contribution in [0.25, 0.3) is 10.8 Å². The Balaban J connectivity index is 2.79. The molecule has 21 heavy (non-hydrogen) atoms. The Morgan fingerprint density at radius 2 is 2.10 bits per heavy atom. The average molecular weight is 357 g/mol. The Morgan fingerprint density at radius 3 is 2.67 bits per heavy atom. The highest BCUT2D eigenvalue weighted by Gasteiger charge is 2.17. The van der Waals surface area contributed by atoms with Gasteiger partial charge in [0.15, 0.2) is 0 Å². The van der Waals surface area contributed by atoms with E-state index >= 15 is 0 Å². The van der Waals surface area contributed by atoms with Crippen molar-refractivity contribution in [1.82, 2.24) is 9.78 Å². The molecule has 0 atom stereocenters. The highest BCUT2D eigenvalue weighted by atomic mass is 79.9. The van der Waals surface area contributed by atoms with Crippen molar-refractivity contribution in [2.75, 3.05) is 7.11 Å². The summed E-state index contributed by atoms with van der Waals surface area (Å²) in [5.74, 6) is -1.06. The van der Waals surface area contributed by atoms with E-state index in [9.17, 15) is 14.0 Å². The van der Waals surface area contributed by atoms with E-state index in [0.717, 1.165) is 4.68 Å². The number of methoxy groups -OCH3 is 1. The highest BCUT2D eigenvalue weighted by molar-refractivity contribution is 9.10. The first-order valence-electron chi connectivity index (χ1n) is 6.31. The summed E-state index contributed by atoms with van der Waals surface area (Å²) in [7, 11) is 1.24. The molecule has 0 bridgehead atoms. The number of benzene rings is 1. The van der Waals surface area contributed by atoms with E-state index in [1.54, 1.807) is 0 Å². The molecular weight excluding hydrogens is 343 g/mol. The Hall–Kier alpha value is -1.76. The van der Waals surface area contributed by atoms with Crippen LogP contribution in [0.1, 0.15) is 25.5 Å². The second kappa shape index (κ2) is 5.93. The number of hydrogen-bond donors (Lipinski definition) is 0. The maximum atomic E-state index is 13.7. The van der Waals surface area contributed by atoms with Gasteiger partial charge < -0.3 is 4.74 Å². The van der Waals surface area contributed by atoms with Gasteiger partial charge in [-0.05, 0) is 34.0 Å². The number of aromatic nitrogens is 2. The summed E-state index contributed by atoms with van der Waals surface area (Å²) < 4.78 is 19.5. The second-order valence-corrected chi connectivity index (χ2v) is 5.75. The van der Waals surface area contributed by atoms with E-state index in [4.69, 9.17) is 0 Å². The standard InChI is InChI=1S/C14H14BrFN2O3/c1-7(2)13-8-5-11(16)10(15)4-9(8)14(20)18(17-13)6-12(19)21-3/h4-5,7H,6H2,1-3H3. The first kappa shape index (κ1) is 15.6. The van der Waals surface area contributed by atoms with Gasteiger partial charge in [0.1, 0.15) is 12.4 Å². The average Bonchev–Trinajstić information content (AvgIpc) is 2.43. The Kier molecular flexibility index (Phi) is 4.41. The van der Waals surface area contributed by atoms with E-state index in [1.165, 1.54) is 19.2 Å². The number of nitrogens with zero attached hydrogens (tertiary/aromatic N) is 2. The number of carbonyl (C=O) groups is 1. The number of hydrogen-bond acceptors (Lipinski definition) is 4. The summed E-state index contributed by atoms with van der Waals surface area (Å²) in [6.45, 7) is 3.49. The Morgan fingerprint density at radius 1 is 1.43 bits per heavy atom. The zero-order chi connectivity index (χ0) is 15.7. The molecule has 0 aliphatic heterocycles. The molecule has 1 aromatic carbocycles. The minimum Gasteiger partial charge on any atom is -0.468 e. The van der Waals surface area contributed by atoms with Gasteiger partial charge in [0.2, 0.25) is 0 Å². The lowest BCUT2D eigenvalue weighted by atomic mass is 10.0. The minimum absolute atomic E-state index is 0.0300. The molecule has 1 aromatic heterocycles. The van der Waals surface area contributed by atoms with Crippen LogP contribution in [-0.4, -0.2) is 22.9 Å². The number of carbonyl (C=O) groups excluding carboxylic acids is 1. The largest absolute Gasteiger partial charge is 0.468 e. The van der Waals surface area contributed by atoms with Crippen LogP contribution < -0.4 is 5.56 Å².